The molecule has 0 aliphatic carbocycles. The Labute approximate surface area is 159 Å². The maximum Gasteiger partial charge on any atom is 0.305 e. The number of ether oxygens (including phenoxy) is 1. The summed E-state index contributed by atoms with van der Waals surface area (Å²) < 4.78 is 5.74. The SMILES string of the molecule is O=C(O)CCNC(=O)/C=C/c1ccc(OCCCCc2ccccc2)cc1. The van der Waals surface area contributed by atoms with E-state index in [1.54, 1.807) is 6.08 Å². The first kappa shape index (κ1) is 20.2. The molecule has 142 valence electrons. The molecule has 2 rings (SSSR count). The number of rotatable bonds is 11. The van der Waals surface area contributed by atoms with Crippen LogP contribution >= 0.6 is 0 Å². The molecule has 0 aromatic heterocycles. The number of hydrogen-bond acceptors (Lipinski definition) is 3. The molecule has 0 aliphatic heterocycles. The first-order valence-electron chi connectivity index (χ1n) is 9.08. The van der Waals surface area contributed by atoms with Crippen LogP contribution in [0.4, 0.5) is 0 Å². The molecule has 0 spiro atoms. The number of carboxylic acids is 1. The Morgan fingerprint density at radius 3 is 2.44 bits per heavy atom. The maximum atomic E-state index is 11.6. The van der Waals surface area contributed by atoms with Gasteiger partial charge in [-0.25, -0.2) is 0 Å². The van der Waals surface area contributed by atoms with Crippen LogP contribution in [0.1, 0.15) is 30.4 Å². The van der Waals surface area contributed by atoms with Crippen molar-refractivity contribution in [2.24, 2.45) is 0 Å². The van der Waals surface area contributed by atoms with E-state index in [1.807, 2.05) is 30.3 Å². The van der Waals surface area contributed by atoms with Gasteiger partial charge in [-0.15, -0.1) is 0 Å². The van der Waals surface area contributed by atoms with Crippen LogP contribution in [0.2, 0.25) is 0 Å². The van der Waals surface area contributed by atoms with Crippen molar-refractivity contribution in [3.05, 3.63) is 71.8 Å². The molecule has 0 saturated heterocycles. The first-order valence-corrected chi connectivity index (χ1v) is 9.08. The lowest BCUT2D eigenvalue weighted by Gasteiger charge is -2.06. The van der Waals surface area contributed by atoms with E-state index in [0.717, 1.165) is 30.6 Å². The average molecular weight is 367 g/mol. The molecule has 5 heteroatoms. The topological polar surface area (TPSA) is 75.6 Å². The number of carbonyl (C=O) groups excluding carboxylic acids is 1. The fourth-order valence-electron chi connectivity index (χ4n) is 2.46. The number of carboxylic acid groups (broad SMARTS) is 1. The summed E-state index contributed by atoms with van der Waals surface area (Å²) in [6, 6.07) is 17.9. The van der Waals surface area contributed by atoms with Gasteiger partial charge < -0.3 is 15.2 Å². The Morgan fingerprint density at radius 2 is 1.74 bits per heavy atom. The number of hydrogen-bond donors (Lipinski definition) is 2. The van der Waals surface area contributed by atoms with Crippen molar-refractivity contribution >= 4 is 18.0 Å². The second-order valence-corrected chi connectivity index (χ2v) is 6.13. The number of amides is 1. The van der Waals surface area contributed by atoms with Gasteiger partial charge in [0.05, 0.1) is 13.0 Å². The van der Waals surface area contributed by atoms with Crippen LogP contribution in [0, 0.1) is 0 Å². The molecule has 0 atom stereocenters. The lowest BCUT2D eigenvalue weighted by atomic mass is 10.1. The standard InChI is InChI=1S/C22H25NO4/c24-21(23-16-15-22(25)26)14-11-19-9-12-20(13-10-19)27-17-5-4-8-18-6-2-1-3-7-18/h1-3,6-7,9-14H,4-5,8,15-17H2,(H,23,24)(H,25,26)/b14-11+. The number of aryl methyl sites for hydroxylation is 1. The highest BCUT2D eigenvalue weighted by atomic mass is 16.5. The molecule has 0 aliphatic rings. The Kier molecular flexibility index (Phi) is 8.63. The van der Waals surface area contributed by atoms with Crippen molar-refractivity contribution in [3.8, 4) is 5.75 Å². The van der Waals surface area contributed by atoms with Crippen molar-refractivity contribution < 1.29 is 19.4 Å². The van der Waals surface area contributed by atoms with Crippen LogP contribution < -0.4 is 10.1 Å². The minimum absolute atomic E-state index is 0.0863. The number of benzene rings is 2. The van der Waals surface area contributed by atoms with Crippen molar-refractivity contribution in [3.63, 3.8) is 0 Å². The highest BCUT2D eigenvalue weighted by Gasteiger charge is 1.99. The van der Waals surface area contributed by atoms with Crippen LogP contribution in [-0.4, -0.2) is 30.1 Å². The van der Waals surface area contributed by atoms with Gasteiger partial charge in [-0.2, -0.15) is 0 Å². The average Bonchev–Trinajstić information content (AvgIpc) is 2.67. The molecule has 2 aromatic carbocycles. The number of aliphatic carboxylic acids is 1. The van der Waals surface area contributed by atoms with E-state index in [0.29, 0.717) is 6.61 Å². The van der Waals surface area contributed by atoms with Gasteiger partial charge in [0.15, 0.2) is 0 Å². The van der Waals surface area contributed by atoms with E-state index in [2.05, 4.69) is 29.6 Å². The molecule has 0 unspecified atom stereocenters. The summed E-state index contributed by atoms with van der Waals surface area (Å²) in [6.07, 6.45) is 6.12. The van der Waals surface area contributed by atoms with Gasteiger partial charge in [0.1, 0.15) is 5.75 Å². The van der Waals surface area contributed by atoms with Crippen LogP contribution in [-0.2, 0) is 16.0 Å². The summed E-state index contributed by atoms with van der Waals surface area (Å²) in [5.41, 5.74) is 2.22. The zero-order valence-corrected chi connectivity index (χ0v) is 15.3. The van der Waals surface area contributed by atoms with E-state index < -0.39 is 5.97 Å². The van der Waals surface area contributed by atoms with E-state index in [4.69, 9.17) is 9.84 Å². The molecule has 0 heterocycles. The third-order valence-corrected chi connectivity index (χ3v) is 3.92. The Balaban J connectivity index is 1.65. The Morgan fingerprint density at radius 1 is 1.00 bits per heavy atom. The zero-order valence-electron chi connectivity index (χ0n) is 15.3. The Hall–Kier alpha value is -3.08. The smallest absolute Gasteiger partial charge is 0.305 e. The van der Waals surface area contributed by atoms with Crippen molar-refractivity contribution in [1.29, 1.82) is 0 Å². The predicted molar refractivity (Wildman–Crippen MR) is 106 cm³/mol. The second kappa shape index (κ2) is 11.5. The predicted octanol–water partition coefficient (Wildman–Crippen LogP) is 3.69. The van der Waals surface area contributed by atoms with E-state index in [1.165, 1.54) is 11.6 Å². The van der Waals surface area contributed by atoms with E-state index in [-0.39, 0.29) is 18.9 Å². The van der Waals surface area contributed by atoms with Crippen LogP contribution in [0.25, 0.3) is 6.08 Å². The summed E-state index contributed by atoms with van der Waals surface area (Å²) in [5, 5.41) is 11.0. The van der Waals surface area contributed by atoms with Crippen LogP contribution in [0.3, 0.4) is 0 Å². The zero-order chi connectivity index (χ0) is 19.3. The number of unbranched alkanes of at least 4 members (excludes halogenated alkanes) is 1. The molecule has 2 aromatic rings. The molecule has 27 heavy (non-hydrogen) atoms. The number of carbonyl (C=O) groups is 2. The first-order chi connectivity index (χ1) is 13.1. The fourth-order valence-corrected chi connectivity index (χ4v) is 2.46. The molecule has 0 fully saturated rings. The lowest BCUT2D eigenvalue weighted by Crippen LogP contribution is -2.23. The minimum atomic E-state index is -0.935. The van der Waals surface area contributed by atoms with Crippen LogP contribution in [0.15, 0.2) is 60.7 Å². The monoisotopic (exact) mass is 367 g/mol. The fraction of sp³-hybridized carbons (Fsp3) is 0.273. The highest BCUT2D eigenvalue weighted by Crippen LogP contribution is 2.14. The minimum Gasteiger partial charge on any atom is -0.494 e. The quantitative estimate of drug-likeness (QED) is 0.469. The summed E-state index contributed by atoms with van der Waals surface area (Å²) in [7, 11) is 0. The van der Waals surface area contributed by atoms with Gasteiger partial charge in [0, 0.05) is 12.6 Å². The molecule has 5 nitrogen and oxygen atoms in total. The van der Waals surface area contributed by atoms with Gasteiger partial charge in [-0.05, 0) is 48.6 Å². The van der Waals surface area contributed by atoms with Gasteiger partial charge in [0.2, 0.25) is 5.91 Å². The Bertz CT molecular complexity index is 739. The van der Waals surface area contributed by atoms with Crippen molar-refractivity contribution in [2.45, 2.75) is 25.7 Å². The number of nitrogens with one attached hydrogen (secondary N) is 1. The summed E-state index contributed by atoms with van der Waals surface area (Å²) >= 11 is 0. The molecular weight excluding hydrogens is 342 g/mol. The van der Waals surface area contributed by atoms with Gasteiger partial charge in [-0.1, -0.05) is 42.5 Å². The molecule has 1 amide bonds. The van der Waals surface area contributed by atoms with Gasteiger partial charge in [0.25, 0.3) is 0 Å². The van der Waals surface area contributed by atoms with Gasteiger partial charge in [-0.3, -0.25) is 9.59 Å². The lowest BCUT2D eigenvalue weighted by molar-refractivity contribution is -0.136. The second-order valence-electron chi connectivity index (χ2n) is 6.13. The third-order valence-electron chi connectivity index (χ3n) is 3.92. The van der Waals surface area contributed by atoms with Crippen molar-refractivity contribution in [1.82, 2.24) is 5.32 Å². The summed E-state index contributed by atoms with van der Waals surface area (Å²) in [4.78, 5) is 21.9. The summed E-state index contributed by atoms with van der Waals surface area (Å²) in [5.74, 6) is -0.442. The molecule has 0 bridgehead atoms. The highest BCUT2D eigenvalue weighted by molar-refractivity contribution is 5.91. The largest absolute Gasteiger partial charge is 0.494 e. The van der Waals surface area contributed by atoms with E-state index >= 15 is 0 Å². The summed E-state index contributed by atoms with van der Waals surface area (Å²) in [6.45, 7) is 0.795. The van der Waals surface area contributed by atoms with Crippen molar-refractivity contribution in [2.75, 3.05) is 13.2 Å². The molecule has 0 saturated carbocycles. The van der Waals surface area contributed by atoms with Crippen LogP contribution in [0.5, 0.6) is 5.75 Å². The molecule has 0 radical (unpaired) electrons. The third kappa shape index (κ3) is 8.72. The van der Waals surface area contributed by atoms with E-state index in [9.17, 15) is 9.59 Å². The molecular formula is C22H25NO4. The maximum absolute atomic E-state index is 11.6. The van der Waals surface area contributed by atoms with Gasteiger partial charge >= 0.3 is 5.97 Å². The molecule has 2 N–H and O–H groups in total. The normalized spacial score (nSPS) is 10.7.